The molecule has 116 valence electrons. The minimum atomic E-state index is -0.546. The second-order valence-corrected chi connectivity index (χ2v) is 5.82. The van der Waals surface area contributed by atoms with Gasteiger partial charge >= 0.3 is 6.09 Å². The molecule has 0 aromatic carbocycles. The van der Waals surface area contributed by atoms with Crippen LogP contribution in [0.2, 0.25) is 0 Å². The van der Waals surface area contributed by atoms with Crippen molar-refractivity contribution in [3.8, 4) is 0 Å². The highest BCUT2D eigenvalue weighted by molar-refractivity contribution is 5.86. The third-order valence-corrected chi connectivity index (χ3v) is 2.93. The van der Waals surface area contributed by atoms with Crippen LogP contribution in [0.5, 0.6) is 0 Å². The summed E-state index contributed by atoms with van der Waals surface area (Å²) in [6.07, 6.45) is 1.09. The molecule has 6 heteroatoms. The van der Waals surface area contributed by atoms with Gasteiger partial charge < -0.3 is 14.8 Å². The van der Waals surface area contributed by atoms with Gasteiger partial charge in [-0.05, 0) is 40.5 Å². The van der Waals surface area contributed by atoms with E-state index in [0.29, 0.717) is 32.7 Å². The smallest absolute Gasteiger partial charge is 0.410 e. The van der Waals surface area contributed by atoms with Crippen LogP contribution in [0, 0.1) is 0 Å². The zero-order valence-electron chi connectivity index (χ0n) is 12.9. The fourth-order valence-electron chi connectivity index (χ4n) is 2.09. The first-order chi connectivity index (χ1) is 9.35. The Morgan fingerprint density at radius 1 is 1.35 bits per heavy atom. The van der Waals surface area contributed by atoms with E-state index in [4.69, 9.17) is 9.47 Å². The van der Waals surface area contributed by atoms with E-state index < -0.39 is 17.7 Å². The van der Waals surface area contributed by atoms with Crippen LogP contribution >= 0.6 is 0 Å². The monoisotopic (exact) mass is 286 g/mol. The highest BCUT2D eigenvalue weighted by Crippen LogP contribution is 2.20. The van der Waals surface area contributed by atoms with E-state index in [1.54, 1.807) is 0 Å². The lowest BCUT2D eigenvalue weighted by atomic mass is 10.2. The highest BCUT2D eigenvalue weighted by atomic mass is 16.6. The van der Waals surface area contributed by atoms with Gasteiger partial charge in [0.05, 0.1) is 6.61 Å². The number of hydrogen-bond acceptors (Lipinski definition) is 4. The molecule has 0 aliphatic carbocycles. The molecule has 0 bridgehead atoms. The predicted molar refractivity (Wildman–Crippen MR) is 75.5 cm³/mol. The standard InChI is InChI=1S/C14H26N2O4/c1-5-19-10-8-15-12(17)11-7-6-9-16(11)13(18)20-14(2,3)4/h11H,5-10H2,1-4H3,(H,15,17). The van der Waals surface area contributed by atoms with Crippen molar-refractivity contribution in [1.82, 2.24) is 10.2 Å². The minimum absolute atomic E-state index is 0.131. The van der Waals surface area contributed by atoms with Crippen LogP contribution in [0.4, 0.5) is 4.79 Å². The van der Waals surface area contributed by atoms with Crippen LogP contribution in [0.3, 0.4) is 0 Å². The maximum Gasteiger partial charge on any atom is 0.410 e. The number of nitrogens with zero attached hydrogens (tertiary/aromatic N) is 1. The maximum absolute atomic E-state index is 12.1. The topological polar surface area (TPSA) is 67.9 Å². The Hall–Kier alpha value is -1.30. The van der Waals surface area contributed by atoms with Crippen LogP contribution in [0.15, 0.2) is 0 Å². The molecule has 1 atom stereocenters. The molecule has 0 aromatic heterocycles. The highest BCUT2D eigenvalue weighted by Gasteiger charge is 2.36. The number of carbonyl (C=O) groups is 2. The van der Waals surface area contributed by atoms with Gasteiger partial charge in [0.15, 0.2) is 0 Å². The van der Waals surface area contributed by atoms with E-state index in [2.05, 4.69) is 5.32 Å². The van der Waals surface area contributed by atoms with Crippen molar-refractivity contribution in [1.29, 1.82) is 0 Å². The summed E-state index contributed by atoms with van der Waals surface area (Å²) < 4.78 is 10.5. The van der Waals surface area contributed by atoms with Crippen molar-refractivity contribution in [2.45, 2.75) is 52.2 Å². The second-order valence-electron chi connectivity index (χ2n) is 5.82. The number of likely N-dealkylation sites (tertiary alicyclic amines) is 1. The lowest BCUT2D eigenvalue weighted by molar-refractivity contribution is -0.125. The Morgan fingerprint density at radius 3 is 2.65 bits per heavy atom. The molecule has 1 rings (SSSR count). The third-order valence-electron chi connectivity index (χ3n) is 2.93. The summed E-state index contributed by atoms with van der Waals surface area (Å²) in [7, 11) is 0. The first-order valence-electron chi connectivity index (χ1n) is 7.20. The van der Waals surface area contributed by atoms with E-state index in [-0.39, 0.29) is 5.91 Å². The molecule has 20 heavy (non-hydrogen) atoms. The Morgan fingerprint density at radius 2 is 2.05 bits per heavy atom. The van der Waals surface area contributed by atoms with Crippen LogP contribution in [-0.2, 0) is 14.3 Å². The van der Waals surface area contributed by atoms with Gasteiger partial charge in [-0.25, -0.2) is 4.79 Å². The summed E-state index contributed by atoms with van der Waals surface area (Å²) in [5.41, 5.74) is -0.546. The summed E-state index contributed by atoms with van der Waals surface area (Å²) in [5.74, 6) is -0.131. The van der Waals surface area contributed by atoms with Gasteiger partial charge in [0.1, 0.15) is 11.6 Å². The average molecular weight is 286 g/mol. The first-order valence-corrected chi connectivity index (χ1v) is 7.20. The maximum atomic E-state index is 12.1. The van der Waals surface area contributed by atoms with Crippen LogP contribution < -0.4 is 5.32 Å². The average Bonchev–Trinajstić information content (AvgIpc) is 2.81. The fourth-order valence-corrected chi connectivity index (χ4v) is 2.09. The number of carbonyl (C=O) groups excluding carboxylic acids is 2. The number of amides is 2. The molecule has 6 nitrogen and oxygen atoms in total. The van der Waals surface area contributed by atoms with E-state index in [1.807, 2.05) is 27.7 Å². The van der Waals surface area contributed by atoms with Crippen molar-refractivity contribution >= 4 is 12.0 Å². The number of hydrogen-bond donors (Lipinski definition) is 1. The molecule has 1 N–H and O–H groups in total. The molecule has 1 aliphatic rings. The number of ether oxygens (including phenoxy) is 2. The van der Waals surface area contributed by atoms with E-state index in [0.717, 1.165) is 6.42 Å². The van der Waals surface area contributed by atoms with Gasteiger partial charge in [-0.15, -0.1) is 0 Å². The minimum Gasteiger partial charge on any atom is -0.444 e. The van der Waals surface area contributed by atoms with Gasteiger partial charge in [-0.2, -0.15) is 0 Å². The molecule has 0 saturated carbocycles. The fraction of sp³-hybridized carbons (Fsp3) is 0.857. The summed E-state index contributed by atoms with van der Waals surface area (Å²) >= 11 is 0. The molecule has 0 aromatic rings. The molecule has 1 unspecified atom stereocenters. The second kappa shape index (κ2) is 7.47. The van der Waals surface area contributed by atoms with Gasteiger partial charge in [0.2, 0.25) is 5.91 Å². The number of rotatable bonds is 5. The van der Waals surface area contributed by atoms with Gasteiger partial charge in [-0.1, -0.05) is 0 Å². The van der Waals surface area contributed by atoms with Crippen molar-refractivity contribution in [2.24, 2.45) is 0 Å². The van der Waals surface area contributed by atoms with Crippen LogP contribution in [0.1, 0.15) is 40.5 Å². The summed E-state index contributed by atoms with van der Waals surface area (Å²) in [6, 6.07) is -0.425. The molecule has 2 amide bonds. The van der Waals surface area contributed by atoms with Crippen molar-refractivity contribution in [3.63, 3.8) is 0 Å². The van der Waals surface area contributed by atoms with E-state index >= 15 is 0 Å². The molecule has 1 fully saturated rings. The molecular formula is C14H26N2O4. The zero-order valence-corrected chi connectivity index (χ0v) is 12.9. The first kappa shape index (κ1) is 16.8. The molecular weight excluding hydrogens is 260 g/mol. The van der Waals surface area contributed by atoms with E-state index in [1.165, 1.54) is 4.90 Å². The Bertz CT molecular complexity index is 339. The SMILES string of the molecule is CCOCCNC(=O)C1CCCN1C(=O)OC(C)(C)C. The largest absolute Gasteiger partial charge is 0.444 e. The lowest BCUT2D eigenvalue weighted by Gasteiger charge is -2.28. The molecule has 0 spiro atoms. The van der Waals surface area contributed by atoms with E-state index in [9.17, 15) is 9.59 Å². The molecule has 0 radical (unpaired) electrons. The predicted octanol–water partition coefficient (Wildman–Crippen LogP) is 1.54. The van der Waals surface area contributed by atoms with Crippen molar-refractivity contribution in [3.05, 3.63) is 0 Å². The Kier molecular flexibility index (Phi) is 6.26. The number of nitrogens with one attached hydrogen (secondary N) is 1. The summed E-state index contributed by atoms with van der Waals surface area (Å²) in [5, 5.41) is 2.79. The molecule has 1 aliphatic heterocycles. The van der Waals surface area contributed by atoms with Gasteiger partial charge in [-0.3, -0.25) is 9.69 Å². The van der Waals surface area contributed by atoms with Gasteiger partial charge in [0, 0.05) is 19.7 Å². The summed E-state index contributed by atoms with van der Waals surface area (Å²) in [6.45, 7) is 9.51. The molecule has 1 saturated heterocycles. The Labute approximate surface area is 120 Å². The van der Waals surface area contributed by atoms with Crippen LogP contribution in [-0.4, -0.2) is 54.8 Å². The summed E-state index contributed by atoms with van der Waals surface area (Å²) in [4.78, 5) is 25.6. The van der Waals surface area contributed by atoms with Crippen molar-refractivity contribution < 1.29 is 19.1 Å². The third kappa shape index (κ3) is 5.36. The van der Waals surface area contributed by atoms with Crippen LogP contribution in [0.25, 0.3) is 0 Å². The normalized spacial score (nSPS) is 19.0. The Balaban J connectivity index is 2.47. The van der Waals surface area contributed by atoms with Gasteiger partial charge in [0.25, 0.3) is 0 Å². The molecule has 1 heterocycles. The zero-order chi connectivity index (χ0) is 15.2. The lowest BCUT2D eigenvalue weighted by Crippen LogP contribution is -2.48. The quantitative estimate of drug-likeness (QED) is 0.778. The van der Waals surface area contributed by atoms with Crippen molar-refractivity contribution in [2.75, 3.05) is 26.3 Å².